The Hall–Kier alpha value is -2.66. The van der Waals surface area contributed by atoms with Crippen molar-refractivity contribution in [2.45, 2.75) is 44.7 Å². The predicted octanol–water partition coefficient (Wildman–Crippen LogP) is 3.20. The molecule has 1 fully saturated rings. The summed E-state index contributed by atoms with van der Waals surface area (Å²) in [6.45, 7) is 1.68. The second-order valence-electron chi connectivity index (χ2n) is 6.20. The van der Waals surface area contributed by atoms with Crippen LogP contribution >= 0.6 is 11.6 Å². The lowest BCUT2D eigenvalue weighted by atomic mass is 9.91. The van der Waals surface area contributed by atoms with E-state index in [9.17, 15) is 9.18 Å². The van der Waals surface area contributed by atoms with Gasteiger partial charge in [-0.2, -0.15) is 5.26 Å². The molecule has 9 heteroatoms. The van der Waals surface area contributed by atoms with Crippen molar-refractivity contribution in [2.75, 3.05) is 5.32 Å². The smallest absolute Gasteiger partial charge is 0.273 e. The molecule has 1 aliphatic carbocycles. The summed E-state index contributed by atoms with van der Waals surface area (Å²) in [7, 11) is 0. The average Bonchev–Trinajstić information content (AvgIpc) is 3.04. The average molecular weight is 378 g/mol. The highest BCUT2D eigenvalue weighted by Gasteiger charge is 2.26. The van der Waals surface area contributed by atoms with E-state index in [1.165, 1.54) is 6.39 Å². The Morgan fingerprint density at radius 3 is 2.92 bits per heavy atom. The first-order chi connectivity index (χ1) is 12.5. The molecule has 2 unspecified atom stereocenters. The molecule has 2 heterocycles. The number of nitriles is 1. The molecule has 0 bridgehead atoms. The van der Waals surface area contributed by atoms with Crippen LogP contribution < -0.4 is 10.6 Å². The van der Waals surface area contributed by atoms with E-state index in [2.05, 4.69) is 20.6 Å². The number of anilines is 1. The number of hydrogen-bond donors (Lipinski definition) is 2. The van der Waals surface area contributed by atoms with Gasteiger partial charge < -0.3 is 15.1 Å². The molecular weight excluding hydrogens is 361 g/mol. The van der Waals surface area contributed by atoms with Gasteiger partial charge in [0, 0.05) is 12.1 Å². The van der Waals surface area contributed by atoms with Crippen molar-refractivity contribution in [3.63, 3.8) is 0 Å². The zero-order chi connectivity index (χ0) is 18.7. The van der Waals surface area contributed by atoms with Crippen LogP contribution in [0.2, 0.25) is 5.15 Å². The Balaban J connectivity index is 1.64. The Morgan fingerprint density at radius 2 is 2.23 bits per heavy atom. The van der Waals surface area contributed by atoms with Gasteiger partial charge in [-0.05, 0) is 38.7 Å². The number of oxazole rings is 1. The summed E-state index contributed by atoms with van der Waals surface area (Å²) in [4.78, 5) is 20.1. The lowest BCUT2D eigenvalue weighted by molar-refractivity contribution is 0.0920. The van der Waals surface area contributed by atoms with Gasteiger partial charge in [-0.25, -0.2) is 14.4 Å². The van der Waals surface area contributed by atoms with E-state index in [0.717, 1.165) is 25.3 Å². The first kappa shape index (κ1) is 18.1. The highest BCUT2D eigenvalue weighted by atomic mass is 35.5. The van der Waals surface area contributed by atoms with Crippen LogP contribution in [-0.4, -0.2) is 28.0 Å². The molecule has 0 saturated heterocycles. The summed E-state index contributed by atoms with van der Waals surface area (Å²) < 4.78 is 19.1. The van der Waals surface area contributed by atoms with E-state index < -0.39 is 5.82 Å². The van der Waals surface area contributed by atoms with Crippen LogP contribution in [0.1, 0.15) is 47.5 Å². The standard InChI is InChI=1S/C17H17ClFN5O2/c1-9-14(21-8-26-9)17(25)23-12-4-2-3-11(6-12)22-16-13(19)5-10(7-20)15(18)24-16/h5,8,11-12H,2-4,6H2,1H3,(H,22,24)(H,23,25). The van der Waals surface area contributed by atoms with Crippen molar-refractivity contribution in [2.24, 2.45) is 0 Å². The molecule has 136 valence electrons. The Kier molecular flexibility index (Phi) is 5.38. The van der Waals surface area contributed by atoms with Gasteiger partial charge in [0.1, 0.15) is 17.0 Å². The monoisotopic (exact) mass is 377 g/mol. The normalized spacial score (nSPS) is 19.6. The van der Waals surface area contributed by atoms with Crippen LogP contribution in [0.3, 0.4) is 0 Å². The number of aryl methyl sites for hydroxylation is 1. The van der Waals surface area contributed by atoms with Gasteiger partial charge >= 0.3 is 0 Å². The van der Waals surface area contributed by atoms with E-state index in [-0.39, 0.29) is 40.2 Å². The minimum Gasteiger partial charge on any atom is -0.448 e. The van der Waals surface area contributed by atoms with Crippen LogP contribution in [0.15, 0.2) is 16.9 Å². The summed E-state index contributed by atoms with van der Waals surface area (Å²) in [5.74, 6) is -0.437. The SMILES string of the molecule is Cc1ocnc1C(=O)NC1CCCC(Nc2nc(Cl)c(C#N)cc2F)C1. The van der Waals surface area contributed by atoms with E-state index >= 15 is 0 Å². The lowest BCUT2D eigenvalue weighted by Gasteiger charge is -2.30. The van der Waals surface area contributed by atoms with Crippen LogP contribution in [0.5, 0.6) is 0 Å². The van der Waals surface area contributed by atoms with Crippen molar-refractivity contribution in [3.8, 4) is 6.07 Å². The van der Waals surface area contributed by atoms with Gasteiger partial charge in [0.15, 0.2) is 23.7 Å². The van der Waals surface area contributed by atoms with Crippen LogP contribution in [0.4, 0.5) is 10.2 Å². The van der Waals surface area contributed by atoms with Gasteiger partial charge in [-0.15, -0.1) is 0 Å². The minimum atomic E-state index is -0.629. The predicted molar refractivity (Wildman–Crippen MR) is 92.3 cm³/mol. The van der Waals surface area contributed by atoms with Gasteiger partial charge in [0.05, 0.1) is 5.56 Å². The molecule has 0 radical (unpaired) electrons. The van der Waals surface area contributed by atoms with Gasteiger partial charge in [-0.3, -0.25) is 4.79 Å². The van der Waals surface area contributed by atoms with E-state index in [1.54, 1.807) is 13.0 Å². The Bertz CT molecular complexity index is 863. The number of aromatic nitrogens is 2. The molecule has 2 atom stereocenters. The number of rotatable bonds is 4. The summed E-state index contributed by atoms with van der Waals surface area (Å²) in [5.41, 5.74) is 0.262. The lowest BCUT2D eigenvalue weighted by Crippen LogP contribution is -2.42. The molecule has 26 heavy (non-hydrogen) atoms. The highest BCUT2D eigenvalue weighted by Crippen LogP contribution is 2.25. The number of hydrogen-bond acceptors (Lipinski definition) is 6. The summed E-state index contributed by atoms with van der Waals surface area (Å²) in [5, 5.41) is 14.8. The minimum absolute atomic E-state index is 0.00789. The van der Waals surface area contributed by atoms with Crippen LogP contribution in [0.25, 0.3) is 0 Å². The van der Waals surface area contributed by atoms with Gasteiger partial charge in [-0.1, -0.05) is 11.6 Å². The highest BCUT2D eigenvalue weighted by molar-refractivity contribution is 6.30. The number of nitrogens with one attached hydrogen (secondary N) is 2. The van der Waals surface area contributed by atoms with Gasteiger partial charge in [0.2, 0.25) is 0 Å². The molecule has 2 aromatic heterocycles. The molecule has 2 N–H and O–H groups in total. The molecule has 0 spiro atoms. The largest absolute Gasteiger partial charge is 0.448 e. The van der Waals surface area contributed by atoms with Crippen molar-refractivity contribution >= 4 is 23.3 Å². The third-order valence-corrected chi connectivity index (χ3v) is 4.65. The van der Waals surface area contributed by atoms with Crippen LogP contribution in [-0.2, 0) is 0 Å². The van der Waals surface area contributed by atoms with Crippen LogP contribution in [0, 0.1) is 24.1 Å². The van der Waals surface area contributed by atoms with Crippen molar-refractivity contribution in [1.82, 2.24) is 15.3 Å². The number of halogens is 2. The zero-order valence-electron chi connectivity index (χ0n) is 14.1. The van der Waals surface area contributed by atoms with Crippen molar-refractivity contribution < 1.29 is 13.6 Å². The summed E-state index contributed by atoms with van der Waals surface area (Å²) in [6, 6.07) is 2.71. The summed E-state index contributed by atoms with van der Waals surface area (Å²) >= 11 is 5.88. The molecule has 2 aromatic rings. The van der Waals surface area contributed by atoms with Crippen molar-refractivity contribution in [1.29, 1.82) is 5.26 Å². The van der Waals surface area contributed by atoms with Gasteiger partial charge in [0.25, 0.3) is 5.91 Å². The number of carbonyl (C=O) groups excluding carboxylic acids is 1. The fraction of sp³-hybridized carbons (Fsp3) is 0.412. The zero-order valence-corrected chi connectivity index (χ0v) is 14.8. The first-order valence-corrected chi connectivity index (χ1v) is 8.59. The number of nitrogens with zero attached hydrogens (tertiary/aromatic N) is 3. The van der Waals surface area contributed by atoms with Crippen molar-refractivity contribution in [3.05, 3.63) is 40.4 Å². The molecule has 1 aliphatic rings. The molecule has 7 nitrogen and oxygen atoms in total. The quantitative estimate of drug-likeness (QED) is 0.793. The molecule has 0 aromatic carbocycles. The summed E-state index contributed by atoms with van der Waals surface area (Å²) in [6.07, 6.45) is 4.35. The van der Waals surface area contributed by atoms with E-state index in [0.29, 0.717) is 12.2 Å². The molecular formula is C17H17ClFN5O2. The first-order valence-electron chi connectivity index (χ1n) is 8.21. The fourth-order valence-electron chi connectivity index (χ4n) is 3.07. The third-order valence-electron chi connectivity index (χ3n) is 4.36. The Labute approximate surface area is 154 Å². The molecule has 1 saturated carbocycles. The maximum absolute atomic E-state index is 14.1. The van der Waals surface area contributed by atoms with E-state index in [1.807, 2.05) is 0 Å². The fourth-order valence-corrected chi connectivity index (χ4v) is 3.25. The Morgan fingerprint density at radius 1 is 1.46 bits per heavy atom. The maximum Gasteiger partial charge on any atom is 0.273 e. The number of amides is 1. The topological polar surface area (TPSA) is 104 Å². The third kappa shape index (κ3) is 3.94. The maximum atomic E-state index is 14.1. The van der Waals surface area contributed by atoms with E-state index in [4.69, 9.17) is 21.3 Å². The number of carbonyl (C=O) groups is 1. The molecule has 3 rings (SSSR count). The molecule has 1 amide bonds. The number of pyridine rings is 1. The second-order valence-corrected chi connectivity index (χ2v) is 6.56. The molecule has 0 aliphatic heterocycles. The second kappa shape index (κ2) is 7.70.